The predicted molar refractivity (Wildman–Crippen MR) is 22.1 cm³/mol. The molecule has 0 amide bonds. The highest BCUT2D eigenvalue weighted by molar-refractivity contribution is 5.72. The highest BCUT2D eigenvalue weighted by Gasteiger charge is 1.77. The maximum Gasteiger partial charge on any atom is 0.232 e. The van der Waals surface area contributed by atoms with Gasteiger partial charge in [-0.05, 0) is 6.92 Å². The van der Waals surface area contributed by atoms with Gasteiger partial charge in [0.25, 0.3) is 0 Å². The largest absolute Gasteiger partial charge is 0.515 e. The molecule has 2 nitrogen and oxygen atoms in total. The van der Waals surface area contributed by atoms with E-state index in [1.807, 2.05) is 0 Å². The number of allylic oxidation sites excluding steroid dienone is 1. The molecule has 1 N–H and O–H groups in total. The van der Waals surface area contributed by atoms with Crippen LogP contribution in [0.3, 0.4) is 0 Å². The molecule has 0 aromatic heterocycles. The normalized spacial score (nSPS) is 11.2. The van der Waals surface area contributed by atoms with Crippen LogP contribution in [0.1, 0.15) is 6.92 Å². The molecule has 6 heavy (non-hydrogen) atoms. The molecular formula is C4H5O2. The molecule has 0 saturated carbocycles. The second-order valence-corrected chi connectivity index (χ2v) is 0.914. The molecule has 0 spiro atoms. The lowest BCUT2D eigenvalue weighted by Gasteiger charge is -1.71. The zero-order chi connectivity index (χ0) is 4.99. The minimum atomic E-state index is 0.218. The first-order valence-electron chi connectivity index (χ1n) is 1.50. The highest BCUT2D eigenvalue weighted by atomic mass is 16.2. The molecule has 0 aliphatic heterocycles. The number of hydrogen-bond acceptors (Lipinski definition) is 2. The van der Waals surface area contributed by atoms with Gasteiger partial charge in [0.1, 0.15) is 0 Å². The Morgan fingerprint density at radius 2 is 2.50 bits per heavy atom. The summed E-state index contributed by atoms with van der Waals surface area (Å²) in [5.74, 6) is 0. The zero-order valence-electron chi connectivity index (χ0n) is 3.43. The molecule has 0 saturated heterocycles. The maximum atomic E-state index is 9.38. The van der Waals surface area contributed by atoms with E-state index in [0.29, 0.717) is 6.26 Å². The lowest BCUT2D eigenvalue weighted by Crippen LogP contribution is -1.71. The standard InChI is InChI=1S/C4H5O2/c1-4(2-5)3-6/h2,5H,1H3. The fourth-order valence-corrected chi connectivity index (χ4v) is 0.0264. The first-order valence-corrected chi connectivity index (χ1v) is 1.50. The van der Waals surface area contributed by atoms with Crippen molar-refractivity contribution in [3.8, 4) is 0 Å². The summed E-state index contributed by atoms with van der Waals surface area (Å²) in [6.45, 7) is 1.47. The molecule has 1 radical (unpaired) electrons. The maximum absolute atomic E-state index is 9.38. The van der Waals surface area contributed by atoms with E-state index in [9.17, 15) is 4.79 Å². The monoisotopic (exact) mass is 85.0 g/mol. The lowest BCUT2D eigenvalue weighted by atomic mass is 10.4. The van der Waals surface area contributed by atoms with Gasteiger partial charge in [-0.2, -0.15) is 0 Å². The average Bonchev–Trinajstić information content (AvgIpc) is 1.65. The van der Waals surface area contributed by atoms with Crippen molar-refractivity contribution in [1.29, 1.82) is 0 Å². The Kier molecular flexibility index (Phi) is 2.13. The van der Waals surface area contributed by atoms with Crippen LogP contribution >= 0.6 is 0 Å². The van der Waals surface area contributed by atoms with Gasteiger partial charge in [-0.1, -0.05) is 0 Å². The molecule has 0 aromatic carbocycles. The van der Waals surface area contributed by atoms with Crippen LogP contribution in [0.4, 0.5) is 0 Å². The SMILES string of the molecule is CC([C]=O)=CO. The van der Waals surface area contributed by atoms with Crippen LogP contribution in [0.2, 0.25) is 0 Å². The van der Waals surface area contributed by atoms with Gasteiger partial charge in [0, 0.05) is 5.57 Å². The van der Waals surface area contributed by atoms with Gasteiger partial charge in [0.15, 0.2) is 0 Å². The molecule has 0 aromatic rings. The summed E-state index contributed by atoms with van der Waals surface area (Å²) in [5, 5.41) is 7.91. The Morgan fingerprint density at radius 3 is 2.50 bits per heavy atom. The van der Waals surface area contributed by atoms with E-state index in [4.69, 9.17) is 5.11 Å². The molecule has 0 bridgehead atoms. The van der Waals surface area contributed by atoms with E-state index in [1.54, 1.807) is 0 Å². The Labute approximate surface area is 36.1 Å². The van der Waals surface area contributed by atoms with Crippen molar-refractivity contribution in [3.05, 3.63) is 11.8 Å². The molecule has 0 atom stereocenters. The summed E-state index contributed by atoms with van der Waals surface area (Å²) >= 11 is 0. The van der Waals surface area contributed by atoms with Crippen molar-refractivity contribution < 1.29 is 9.90 Å². The van der Waals surface area contributed by atoms with Crippen LogP contribution in [0.25, 0.3) is 0 Å². The van der Waals surface area contributed by atoms with Gasteiger partial charge in [0.2, 0.25) is 6.29 Å². The molecule has 2 heteroatoms. The van der Waals surface area contributed by atoms with E-state index in [0.717, 1.165) is 0 Å². The molecule has 0 unspecified atom stereocenters. The lowest BCUT2D eigenvalue weighted by molar-refractivity contribution is 0.468. The van der Waals surface area contributed by atoms with E-state index in [-0.39, 0.29) is 5.57 Å². The van der Waals surface area contributed by atoms with Gasteiger partial charge in [-0.3, -0.25) is 4.79 Å². The summed E-state index contributed by atoms with van der Waals surface area (Å²) in [7, 11) is 0. The number of rotatable bonds is 1. The number of aliphatic hydroxyl groups is 1. The molecular weight excluding hydrogens is 80.0 g/mol. The summed E-state index contributed by atoms with van der Waals surface area (Å²) in [6.07, 6.45) is 2.19. The van der Waals surface area contributed by atoms with Crippen molar-refractivity contribution in [2.45, 2.75) is 6.92 Å². The Bertz CT molecular complexity index is 73.6. The first-order chi connectivity index (χ1) is 2.81. The highest BCUT2D eigenvalue weighted by Crippen LogP contribution is 1.77. The van der Waals surface area contributed by atoms with Crippen molar-refractivity contribution in [2.24, 2.45) is 0 Å². The fourth-order valence-electron chi connectivity index (χ4n) is 0.0264. The minimum Gasteiger partial charge on any atom is -0.515 e. The second kappa shape index (κ2) is 2.45. The zero-order valence-corrected chi connectivity index (χ0v) is 3.43. The van der Waals surface area contributed by atoms with Crippen molar-refractivity contribution in [3.63, 3.8) is 0 Å². The number of carbonyl (C=O) groups excluding carboxylic acids is 1. The first kappa shape index (κ1) is 5.21. The third kappa shape index (κ3) is 1.52. The molecule has 0 aliphatic carbocycles. The molecule has 33 valence electrons. The number of aliphatic hydroxyl groups excluding tert-OH is 1. The minimum absolute atomic E-state index is 0.218. The van der Waals surface area contributed by atoms with E-state index >= 15 is 0 Å². The van der Waals surface area contributed by atoms with Gasteiger partial charge < -0.3 is 5.11 Å². The molecule has 0 aliphatic rings. The summed E-state index contributed by atoms with van der Waals surface area (Å²) < 4.78 is 0. The smallest absolute Gasteiger partial charge is 0.232 e. The van der Waals surface area contributed by atoms with Gasteiger partial charge >= 0.3 is 0 Å². The van der Waals surface area contributed by atoms with Crippen LogP contribution in [-0.2, 0) is 4.79 Å². The number of hydrogen-bond donors (Lipinski definition) is 1. The van der Waals surface area contributed by atoms with Gasteiger partial charge in [0.05, 0.1) is 6.26 Å². The van der Waals surface area contributed by atoms with Crippen LogP contribution in [0.15, 0.2) is 11.8 Å². The van der Waals surface area contributed by atoms with E-state index < -0.39 is 0 Å². The van der Waals surface area contributed by atoms with Crippen LogP contribution in [0.5, 0.6) is 0 Å². The molecule has 0 heterocycles. The molecule has 0 fully saturated rings. The Morgan fingerprint density at radius 1 is 2.00 bits per heavy atom. The van der Waals surface area contributed by atoms with Gasteiger partial charge in [-0.15, -0.1) is 0 Å². The predicted octanol–water partition coefficient (Wildman–Crippen LogP) is 0.558. The fraction of sp³-hybridized carbons (Fsp3) is 0.250. The van der Waals surface area contributed by atoms with Gasteiger partial charge in [-0.25, -0.2) is 0 Å². The third-order valence-electron chi connectivity index (χ3n) is 0.355. The van der Waals surface area contributed by atoms with Crippen molar-refractivity contribution in [2.75, 3.05) is 0 Å². The quantitative estimate of drug-likeness (QED) is 0.373. The summed E-state index contributed by atoms with van der Waals surface area (Å²) in [6, 6.07) is 0. The topological polar surface area (TPSA) is 37.3 Å². The third-order valence-corrected chi connectivity index (χ3v) is 0.355. The Balaban J connectivity index is 3.50. The van der Waals surface area contributed by atoms with Crippen molar-refractivity contribution >= 4 is 6.29 Å². The van der Waals surface area contributed by atoms with Crippen LogP contribution in [0, 0.1) is 0 Å². The molecule has 0 rings (SSSR count). The van der Waals surface area contributed by atoms with E-state index in [1.165, 1.54) is 13.2 Å². The van der Waals surface area contributed by atoms with Crippen molar-refractivity contribution in [1.82, 2.24) is 0 Å². The Hall–Kier alpha value is -0.790. The summed E-state index contributed by atoms with van der Waals surface area (Å²) in [5.41, 5.74) is 0.218. The second-order valence-electron chi connectivity index (χ2n) is 0.914. The van der Waals surface area contributed by atoms with Crippen LogP contribution in [-0.4, -0.2) is 11.4 Å². The van der Waals surface area contributed by atoms with Crippen LogP contribution < -0.4 is 0 Å². The average molecular weight is 85.1 g/mol. The van der Waals surface area contributed by atoms with E-state index in [2.05, 4.69) is 0 Å². The summed E-state index contributed by atoms with van der Waals surface area (Å²) in [4.78, 5) is 9.38.